The summed E-state index contributed by atoms with van der Waals surface area (Å²) in [6.45, 7) is 4.05. The van der Waals surface area contributed by atoms with E-state index in [0.717, 1.165) is 28.4 Å². The lowest BCUT2D eigenvalue weighted by Gasteiger charge is -2.25. The number of phenols is 1. The highest BCUT2D eigenvalue weighted by Gasteiger charge is 2.50. The predicted octanol–water partition coefficient (Wildman–Crippen LogP) is 2.85. The second kappa shape index (κ2) is 4.18. The van der Waals surface area contributed by atoms with Gasteiger partial charge in [-0.25, -0.2) is 0 Å². The molecule has 3 N–H and O–H groups in total. The first kappa shape index (κ1) is 12.7. The molecule has 0 saturated heterocycles. The smallest absolute Gasteiger partial charge is 0.164 e. The van der Waals surface area contributed by atoms with Gasteiger partial charge in [0.1, 0.15) is 0 Å². The number of rotatable bonds is 3. The fraction of sp³-hybridized carbons (Fsp3) is 0.538. The summed E-state index contributed by atoms with van der Waals surface area (Å²) in [6.07, 6.45) is 2.11. The third-order valence-corrected chi connectivity index (χ3v) is 4.64. The van der Waals surface area contributed by atoms with Crippen LogP contribution in [-0.2, 0) is 5.41 Å². The molecule has 1 aromatic rings. The Bertz CT molecular complexity index is 453. The van der Waals surface area contributed by atoms with E-state index in [9.17, 15) is 5.11 Å². The van der Waals surface area contributed by atoms with E-state index in [4.69, 9.17) is 10.5 Å². The zero-order chi connectivity index (χ0) is 12.8. The summed E-state index contributed by atoms with van der Waals surface area (Å²) in [7, 11) is 1.59. The van der Waals surface area contributed by atoms with Crippen molar-refractivity contribution in [2.75, 3.05) is 7.11 Å². The standard InChI is InChI=1S/C13H18BrNO2/c1-7-9(14)6-10(16)12(17-3)11(7)13(4-5-13)8(2)15/h6,8,16H,4-5,15H2,1-3H3. The summed E-state index contributed by atoms with van der Waals surface area (Å²) in [6, 6.07) is 1.73. The van der Waals surface area contributed by atoms with Crippen LogP contribution in [0, 0.1) is 6.92 Å². The maximum Gasteiger partial charge on any atom is 0.164 e. The minimum absolute atomic E-state index is 0.0311. The fourth-order valence-electron chi connectivity index (χ4n) is 2.59. The van der Waals surface area contributed by atoms with E-state index in [2.05, 4.69) is 15.9 Å². The predicted molar refractivity (Wildman–Crippen MR) is 71.7 cm³/mol. The second-order valence-electron chi connectivity index (χ2n) is 4.86. The molecule has 2 rings (SSSR count). The van der Waals surface area contributed by atoms with Crippen LogP contribution in [0.2, 0.25) is 0 Å². The zero-order valence-corrected chi connectivity index (χ0v) is 12.0. The molecule has 1 aromatic carbocycles. The van der Waals surface area contributed by atoms with Gasteiger partial charge < -0.3 is 15.6 Å². The maximum absolute atomic E-state index is 9.97. The van der Waals surface area contributed by atoms with E-state index in [1.54, 1.807) is 13.2 Å². The Balaban J connectivity index is 2.67. The molecule has 1 aliphatic rings. The molecule has 17 heavy (non-hydrogen) atoms. The first-order valence-corrected chi connectivity index (χ1v) is 6.55. The average molecular weight is 300 g/mol. The van der Waals surface area contributed by atoms with Gasteiger partial charge in [-0.3, -0.25) is 0 Å². The van der Waals surface area contributed by atoms with Gasteiger partial charge in [-0.05, 0) is 38.3 Å². The summed E-state index contributed by atoms with van der Waals surface area (Å²) >= 11 is 3.47. The zero-order valence-electron chi connectivity index (χ0n) is 10.4. The SMILES string of the molecule is COc1c(O)cc(Br)c(C)c1C1(C(C)N)CC1. The van der Waals surface area contributed by atoms with Crippen LogP contribution in [0.3, 0.4) is 0 Å². The molecule has 0 aromatic heterocycles. The van der Waals surface area contributed by atoms with Crippen molar-refractivity contribution in [1.82, 2.24) is 0 Å². The molecule has 0 aliphatic heterocycles. The molecule has 1 saturated carbocycles. The highest BCUT2D eigenvalue weighted by Crippen LogP contribution is 2.57. The van der Waals surface area contributed by atoms with Crippen LogP contribution in [-0.4, -0.2) is 18.3 Å². The highest BCUT2D eigenvalue weighted by molar-refractivity contribution is 9.10. The van der Waals surface area contributed by atoms with Crippen molar-refractivity contribution >= 4 is 15.9 Å². The molecule has 1 atom stereocenters. The van der Waals surface area contributed by atoms with Gasteiger partial charge in [-0.2, -0.15) is 0 Å². The topological polar surface area (TPSA) is 55.5 Å². The van der Waals surface area contributed by atoms with Crippen molar-refractivity contribution in [2.24, 2.45) is 5.73 Å². The highest BCUT2D eigenvalue weighted by atomic mass is 79.9. The Hall–Kier alpha value is -0.740. The molecule has 1 fully saturated rings. The quantitative estimate of drug-likeness (QED) is 0.902. The summed E-state index contributed by atoms with van der Waals surface area (Å²) in [5.74, 6) is 0.743. The number of ether oxygens (including phenoxy) is 1. The number of halogens is 1. The summed E-state index contributed by atoms with van der Waals surface area (Å²) < 4.78 is 6.26. The van der Waals surface area contributed by atoms with E-state index >= 15 is 0 Å². The van der Waals surface area contributed by atoms with Crippen molar-refractivity contribution < 1.29 is 9.84 Å². The monoisotopic (exact) mass is 299 g/mol. The lowest BCUT2D eigenvalue weighted by Crippen LogP contribution is -2.32. The molecular formula is C13H18BrNO2. The van der Waals surface area contributed by atoms with Crippen molar-refractivity contribution in [3.8, 4) is 11.5 Å². The van der Waals surface area contributed by atoms with Crippen molar-refractivity contribution in [1.29, 1.82) is 0 Å². The van der Waals surface area contributed by atoms with Gasteiger partial charge in [0.05, 0.1) is 7.11 Å². The van der Waals surface area contributed by atoms with Crippen LogP contribution in [0.15, 0.2) is 10.5 Å². The fourth-order valence-corrected chi connectivity index (χ4v) is 3.00. The average Bonchev–Trinajstić information content (AvgIpc) is 3.04. The first-order valence-electron chi connectivity index (χ1n) is 5.76. The van der Waals surface area contributed by atoms with Crippen LogP contribution in [0.1, 0.15) is 30.9 Å². The van der Waals surface area contributed by atoms with E-state index in [0.29, 0.717) is 5.75 Å². The van der Waals surface area contributed by atoms with Crippen LogP contribution in [0.5, 0.6) is 11.5 Å². The Kier molecular flexibility index (Phi) is 3.12. The van der Waals surface area contributed by atoms with Crippen LogP contribution in [0.4, 0.5) is 0 Å². The molecule has 4 heteroatoms. The molecular weight excluding hydrogens is 282 g/mol. The van der Waals surface area contributed by atoms with E-state index in [1.165, 1.54) is 0 Å². The van der Waals surface area contributed by atoms with Gasteiger partial charge in [0.2, 0.25) is 0 Å². The third-order valence-electron chi connectivity index (χ3n) is 3.82. The molecule has 0 heterocycles. The molecule has 3 nitrogen and oxygen atoms in total. The molecule has 0 bridgehead atoms. The maximum atomic E-state index is 9.97. The number of aromatic hydroxyl groups is 1. The number of nitrogens with two attached hydrogens (primary N) is 1. The number of benzene rings is 1. The van der Waals surface area contributed by atoms with E-state index in [1.807, 2.05) is 13.8 Å². The molecule has 1 unspecified atom stereocenters. The summed E-state index contributed by atoms with van der Waals surface area (Å²) in [4.78, 5) is 0. The first-order chi connectivity index (χ1) is 7.94. The molecule has 0 radical (unpaired) electrons. The largest absolute Gasteiger partial charge is 0.504 e. The third kappa shape index (κ3) is 1.83. The van der Waals surface area contributed by atoms with Gasteiger partial charge in [0.15, 0.2) is 11.5 Å². The Morgan fingerprint density at radius 3 is 2.53 bits per heavy atom. The Labute approximate surface area is 110 Å². The van der Waals surface area contributed by atoms with Gasteiger partial charge >= 0.3 is 0 Å². The van der Waals surface area contributed by atoms with Gasteiger partial charge in [-0.15, -0.1) is 0 Å². The number of phenolic OH excluding ortho intramolecular Hbond substituents is 1. The molecule has 0 amide bonds. The number of hydrogen-bond donors (Lipinski definition) is 2. The normalized spacial score (nSPS) is 18.9. The minimum Gasteiger partial charge on any atom is -0.504 e. The number of hydrogen-bond acceptors (Lipinski definition) is 3. The van der Waals surface area contributed by atoms with E-state index < -0.39 is 0 Å². The van der Waals surface area contributed by atoms with Crippen LogP contribution < -0.4 is 10.5 Å². The van der Waals surface area contributed by atoms with Gasteiger partial charge in [0.25, 0.3) is 0 Å². The van der Waals surface area contributed by atoms with Gasteiger partial charge in [0, 0.05) is 21.5 Å². The summed E-state index contributed by atoms with van der Waals surface area (Å²) in [5, 5.41) is 9.97. The lowest BCUT2D eigenvalue weighted by molar-refractivity contribution is 0.360. The van der Waals surface area contributed by atoms with Crippen molar-refractivity contribution in [3.05, 3.63) is 21.7 Å². The second-order valence-corrected chi connectivity index (χ2v) is 5.71. The minimum atomic E-state index is -0.0311. The Morgan fingerprint density at radius 2 is 2.12 bits per heavy atom. The molecule has 0 spiro atoms. The van der Waals surface area contributed by atoms with E-state index in [-0.39, 0.29) is 17.2 Å². The van der Waals surface area contributed by atoms with Crippen LogP contribution in [0.25, 0.3) is 0 Å². The van der Waals surface area contributed by atoms with Gasteiger partial charge in [-0.1, -0.05) is 15.9 Å². The molecule has 1 aliphatic carbocycles. The number of methoxy groups -OCH3 is 1. The lowest BCUT2D eigenvalue weighted by atomic mass is 9.85. The van der Waals surface area contributed by atoms with Crippen molar-refractivity contribution in [2.45, 2.75) is 38.1 Å². The molecule has 94 valence electrons. The Morgan fingerprint density at radius 1 is 1.53 bits per heavy atom. The summed E-state index contributed by atoms with van der Waals surface area (Å²) in [5.41, 5.74) is 8.24. The van der Waals surface area contributed by atoms with Crippen LogP contribution >= 0.6 is 15.9 Å². The van der Waals surface area contributed by atoms with Crippen molar-refractivity contribution in [3.63, 3.8) is 0 Å².